The molecule has 1 saturated heterocycles. The molecule has 72 valence electrons. The van der Waals surface area contributed by atoms with Gasteiger partial charge in [0.05, 0.1) is 6.61 Å². The summed E-state index contributed by atoms with van der Waals surface area (Å²) in [6.45, 7) is -0.526. The van der Waals surface area contributed by atoms with E-state index in [1.165, 1.54) is 0 Å². The normalized spacial score (nSPS) is 49.2. The summed E-state index contributed by atoms with van der Waals surface area (Å²) in [6.07, 6.45) is -7.04. The van der Waals surface area contributed by atoms with Crippen LogP contribution in [0.4, 0.5) is 0 Å². The van der Waals surface area contributed by atoms with Crippen molar-refractivity contribution in [1.82, 2.24) is 0 Å². The number of aliphatic hydroxyl groups is 5. The Hall–Kier alpha value is -0.240. The monoisotopic (exact) mass is 180 g/mol. The molecule has 1 fully saturated rings. The van der Waals surface area contributed by atoms with Crippen molar-refractivity contribution in [3.63, 3.8) is 0 Å². The second-order valence-electron chi connectivity index (χ2n) is 2.72. The van der Waals surface area contributed by atoms with Crippen molar-refractivity contribution in [3.8, 4) is 0 Å². The maximum absolute atomic E-state index is 9.12. The average molecular weight is 180 g/mol. The lowest BCUT2D eigenvalue weighted by Gasteiger charge is -2.37. The largest absolute Gasteiger partial charge is 0.394 e. The van der Waals surface area contributed by atoms with E-state index in [1.807, 2.05) is 0 Å². The van der Waals surface area contributed by atoms with Crippen LogP contribution in [0.5, 0.6) is 0 Å². The van der Waals surface area contributed by atoms with Crippen LogP contribution in [0.15, 0.2) is 0 Å². The summed E-state index contributed by atoms with van der Waals surface area (Å²) in [6, 6.07) is 0. The molecule has 1 aliphatic heterocycles. The highest BCUT2D eigenvalue weighted by atomic mass is 16.6. The molecule has 0 amide bonds. The predicted molar refractivity (Wildman–Crippen MR) is 36.0 cm³/mol. The maximum Gasteiger partial charge on any atom is 0.184 e. The van der Waals surface area contributed by atoms with Crippen LogP contribution in [0.3, 0.4) is 0 Å². The van der Waals surface area contributed by atoms with E-state index in [0.29, 0.717) is 0 Å². The van der Waals surface area contributed by atoms with Gasteiger partial charge in [0.1, 0.15) is 24.4 Å². The Morgan fingerprint density at radius 3 is 2.00 bits per heavy atom. The molecule has 1 aliphatic rings. The molecule has 6 nitrogen and oxygen atoms in total. The highest BCUT2D eigenvalue weighted by molar-refractivity contribution is 4.87. The van der Waals surface area contributed by atoms with Crippen molar-refractivity contribution in [2.45, 2.75) is 30.7 Å². The molecule has 12 heavy (non-hydrogen) atoms. The maximum atomic E-state index is 9.12. The van der Waals surface area contributed by atoms with Crippen LogP contribution in [0.1, 0.15) is 0 Å². The first kappa shape index (κ1) is 9.85. The second-order valence-corrected chi connectivity index (χ2v) is 2.72. The molecule has 0 saturated carbocycles. The quantitative estimate of drug-likeness (QED) is 0.290. The molecule has 0 aromatic heterocycles. The van der Waals surface area contributed by atoms with Crippen molar-refractivity contribution in [2.75, 3.05) is 6.61 Å². The number of aliphatic hydroxyl groups excluding tert-OH is 5. The van der Waals surface area contributed by atoms with E-state index in [1.54, 1.807) is 0 Å². The molecule has 0 spiro atoms. The second kappa shape index (κ2) is 3.65. The molecular formula is C6H12O6. The van der Waals surface area contributed by atoms with Crippen LogP contribution >= 0.6 is 0 Å². The summed E-state index contributed by atoms with van der Waals surface area (Å²) in [5.74, 6) is 0. The summed E-state index contributed by atoms with van der Waals surface area (Å²) < 4.78 is 4.58. The van der Waals surface area contributed by atoms with Crippen LogP contribution in [-0.2, 0) is 4.74 Å². The third-order valence-electron chi connectivity index (χ3n) is 1.87. The Bertz CT molecular complexity index is 146. The van der Waals surface area contributed by atoms with Gasteiger partial charge in [0, 0.05) is 0 Å². The van der Waals surface area contributed by atoms with Crippen molar-refractivity contribution >= 4 is 0 Å². The minimum Gasteiger partial charge on any atom is -0.394 e. The molecule has 0 aliphatic carbocycles. The van der Waals surface area contributed by atoms with Crippen molar-refractivity contribution in [2.24, 2.45) is 0 Å². The Kier molecular flexibility index (Phi) is 2.99. The van der Waals surface area contributed by atoms with E-state index in [-0.39, 0.29) is 0 Å². The van der Waals surface area contributed by atoms with Gasteiger partial charge in [0.2, 0.25) is 0 Å². The summed E-state index contributed by atoms with van der Waals surface area (Å²) >= 11 is 0. The SMILES string of the molecule is OCC1O[C@@H](O)[C@H](O)[C@H](O)C1O. The molecule has 2 unspecified atom stereocenters. The lowest BCUT2D eigenvalue weighted by Crippen LogP contribution is -2.58. The lowest BCUT2D eigenvalue weighted by molar-refractivity contribution is -0.286. The minimum absolute atomic E-state index is 0.526. The van der Waals surface area contributed by atoms with Gasteiger partial charge in [-0.25, -0.2) is 0 Å². The molecule has 5 N–H and O–H groups in total. The van der Waals surface area contributed by atoms with Crippen LogP contribution in [0.2, 0.25) is 0 Å². The van der Waals surface area contributed by atoms with Gasteiger partial charge in [-0.2, -0.15) is 0 Å². The van der Waals surface area contributed by atoms with Crippen LogP contribution in [-0.4, -0.2) is 62.8 Å². The molecule has 0 radical (unpaired) electrons. The van der Waals surface area contributed by atoms with Gasteiger partial charge in [0.25, 0.3) is 0 Å². The van der Waals surface area contributed by atoms with Crippen molar-refractivity contribution in [1.29, 1.82) is 0 Å². The minimum atomic E-state index is -1.57. The Morgan fingerprint density at radius 1 is 0.917 bits per heavy atom. The first-order valence-electron chi connectivity index (χ1n) is 3.56. The van der Waals surface area contributed by atoms with Gasteiger partial charge in [-0.1, -0.05) is 0 Å². The number of ether oxygens (including phenoxy) is 1. The standard InChI is InChI=1S/C6H12O6/c7-1-2-3(8)4(9)5(10)6(11)12-2/h2-11H,1H2/t2?,3?,4-,5-,6-/m1/s1. The zero-order valence-corrected chi connectivity index (χ0v) is 6.24. The van der Waals surface area contributed by atoms with Gasteiger partial charge >= 0.3 is 0 Å². The molecule has 5 atom stereocenters. The van der Waals surface area contributed by atoms with Gasteiger partial charge in [-0.05, 0) is 0 Å². The summed E-state index contributed by atoms with van der Waals surface area (Å²) in [5, 5.41) is 44.7. The van der Waals surface area contributed by atoms with Gasteiger partial charge in [-0.3, -0.25) is 0 Å². The zero-order valence-electron chi connectivity index (χ0n) is 6.24. The molecular weight excluding hydrogens is 168 g/mol. The summed E-state index contributed by atoms with van der Waals surface area (Å²) in [4.78, 5) is 0. The first-order valence-corrected chi connectivity index (χ1v) is 3.56. The number of rotatable bonds is 1. The van der Waals surface area contributed by atoms with E-state index in [4.69, 9.17) is 25.5 Å². The number of hydrogen-bond acceptors (Lipinski definition) is 6. The highest BCUT2D eigenvalue weighted by Crippen LogP contribution is 2.18. The van der Waals surface area contributed by atoms with Gasteiger partial charge in [-0.15, -0.1) is 0 Å². The molecule has 0 bridgehead atoms. The topological polar surface area (TPSA) is 110 Å². The fourth-order valence-corrected chi connectivity index (χ4v) is 1.08. The number of hydrogen-bond donors (Lipinski definition) is 5. The molecule has 0 aromatic rings. The van der Waals surface area contributed by atoms with Gasteiger partial charge in [0.15, 0.2) is 6.29 Å². The Labute approximate surface area is 68.6 Å². The van der Waals surface area contributed by atoms with Crippen molar-refractivity contribution in [3.05, 3.63) is 0 Å². The molecule has 1 heterocycles. The first-order chi connectivity index (χ1) is 5.57. The average Bonchev–Trinajstić information content (AvgIpc) is 2.08. The zero-order chi connectivity index (χ0) is 9.30. The highest BCUT2D eigenvalue weighted by Gasteiger charge is 2.42. The fraction of sp³-hybridized carbons (Fsp3) is 1.00. The third kappa shape index (κ3) is 1.58. The van der Waals surface area contributed by atoms with Crippen LogP contribution in [0.25, 0.3) is 0 Å². The van der Waals surface area contributed by atoms with E-state index < -0.39 is 37.3 Å². The smallest absolute Gasteiger partial charge is 0.184 e. The Balaban J connectivity index is 2.63. The van der Waals surface area contributed by atoms with Crippen LogP contribution in [0, 0.1) is 0 Å². The summed E-state index contributed by atoms with van der Waals surface area (Å²) in [5.41, 5.74) is 0. The van der Waals surface area contributed by atoms with E-state index >= 15 is 0 Å². The summed E-state index contributed by atoms with van der Waals surface area (Å²) in [7, 11) is 0. The van der Waals surface area contributed by atoms with Crippen LogP contribution < -0.4 is 0 Å². The lowest BCUT2D eigenvalue weighted by atomic mass is 10.00. The third-order valence-corrected chi connectivity index (χ3v) is 1.87. The van der Waals surface area contributed by atoms with E-state index in [0.717, 1.165) is 0 Å². The molecule has 6 heteroatoms. The van der Waals surface area contributed by atoms with E-state index in [2.05, 4.69) is 4.74 Å². The Morgan fingerprint density at radius 2 is 1.50 bits per heavy atom. The fourth-order valence-electron chi connectivity index (χ4n) is 1.08. The molecule has 1 rings (SSSR count). The van der Waals surface area contributed by atoms with Gasteiger partial charge < -0.3 is 30.3 Å². The van der Waals surface area contributed by atoms with E-state index in [9.17, 15) is 0 Å². The molecule has 0 aromatic carbocycles. The predicted octanol–water partition coefficient (Wildman–Crippen LogP) is -3.22. The van der Waals surface area contributed by atoms with Crippen molar-refractivity contribution < 1.29 is 30.3 Å².